The maximum atomic E-state index is 12.5. The highest BCUT2D eigenvalue weighted by Gasteiger charge is 2.60. The van der Waals surface area contributed by atoms with Crippen molar-refractivity contribution in [2.75, 3.05) is 13.2 Å². The van der Waals surface area contributed by atoms with Crippen LogP contribution in [0, 0.1) is 28.6 Å². The van der Waals surface area contributed by atoms with Gasteiger partial charge in [0.1, 0.15) is 0 Å². The third-order valence-corrected chi connectivity index (χ3v) is 8.56. The molecule has 1 spiro atoms. The van der Waals surface area contributed by atoms with Crippen molar-refractivity contribution in [1.29, 1.82) is 0 Å². The van der Waals surface area contributed by atoms with Gasteiger partial charge < -0.3 is 9.47 Å². The van der Waals surface area contributed by atoms with Gasteiger partial charge in [0.15, 0.2) is 11.6 Å². The molecular weight excluding hydrogens is 312 g/mol. The van der Waals surface area contributed by atoms with Crippen molar-refractivity contribution in [3.63, 3.8) is 0 Å². The number of hydrogen-bond acceptors (Lipinski definition) is 3. The van der Waals surface area contributed by atoms with E-state index >= 15 is 0 Å². The average Bonchev–Trinajstić information content (AvgIpc) is 3.15. The van der Waals surface area contributed by atoms with Crippen LogP contribution in [-0.4, -0.2) is 24.8 Å². The van der Waals surface area contributed by atoms with Gasteiger partial charge in [-0.2, -0.15) is 0 Å². The summed E-state index contributed by atoms with van der Waals surface area (Å²) in [6.45, 7) is 8.51. The number of carbonyl (C=O) groups is 1. The summed E-state index contributed by atoms with van der Waals surface area (Å²) in [6, 6.07) is 0. The molecule has 1 heterocycles. The minimum Gasteiger partial charge on any atom is -0.347 e. The molecule has 0 aromatic rings. The fourth-order valence-electron chi connectivity index (χ4n) is 7.07. The van der Waals surface area contributed by atoms with Gasteiger partial charge in [-0.15, -0.1) is 0 Å². The Morgan fingerprint density at radius 1 is 1.08 bits per heavy atom. The minimum atomic E-state index is -0.338. The van der Waals surface area contributed by atoms with E-state index < -0.39 is 0 Å². The van der Waals surface area contributed by atoms with E-state index in [0.29, 0.717) is 23.5 Å². The van der Waals surface area contributed by atoms with E-state index in [9.17, 15) is 4.79 Å². The topological polar surface area (TPSA) is 35.5 Å². The highest BCUT2D eigenvalue weighted by atomic mass is 16.7. The van der Waals surface area contributed by atoms with Crippen LogP contribution >= 0.6 is 0 Å². The molecule has 0 bridgehead atoms. The smallest absolute Gasteiger partial charge is 0.172 e. The molecule has 5 rings (SSSR count). The SMILES string of the molecule is CC1=C2CC3(CC[C@]2(C)[C@H]2CC[C@]4(C)C(=O)C=C[C@H]4[C@@H]2C1)OCCO3. The maximum absolute atomic E-state index is 12.5. The third kappa shape index (κ3) is 2.03. The van der Waals surface area contributed by atoms with E-state index in [1.807, 2.05) is 6.08 Å². The summed E-state index contributed by atoms with van der Waals surface area (Å²) >= 11 is 0. The van der Waals surface area contributed by atoms with Crippen LogP contribution in [0.2, 0.25) is 0 Å². The van der Waals surface area contributed by atoms with Crippen LogP contribution < -0.4 is 0 Å². The Hall–Kier alpha value is -0.930. The van der Waals surface area contributed by atoms with Gasteiger partial charge in [0.05, 0.1) is 13.2 Å². The van der Waals surface area contributed by atoms with Gasteiger partial charge in [0.25, 0.3) is 0 Å². The van der Waals surface area contributed by atoms with Crippen LogP contribution in [0.15, 0.2) is 23.3 Å². The monoisotopic (exact) mass is 342 g/mol. The average molecular weight is 342 g/mol. The van der Waals surface area contributed by atoms with E-state index in [1.54, 1.807) is 11.1 Å². The molecule has 136 valence electrons. The number of fused-ring (bicyclic) bond motifs is 5. The molecule has 0 amide bonds. The lowest BCUT2D eigenvalue weighted by molar-refractivity contribution is -0.185. The van der Waals surface area contributed by atoms with Crippen LogP contribution in [0.25, 0.3) is 0 Å². The Morgan fingerprint density at radius 3 is 2.60 bits per heavy atom. The second-order valence-electron chi connectivity index (χ2n) is 9.64. The summed E-state index contributed by atoms with van der Waals surface area (Å²) in [5, 5.41) is 0. The molecule has 3 nitrogen and oxygen atoms in total. The molecular formula is C22H30O3. The zero-order valence-corrected chi connectivity index (χ0v) is 15.8. The molecule has 1 saturated heterocycles. The third-order valence-electron chi connectivity index (χ3n) is 8.56. The zero-order valence-electron chi connectivity index (χ0n) is 15.8. The van der Waals surface area contributed by atoms with Crippen molar-refractivity contribution in [1.82, 2.24) is 0 Å². The normalized spacial score (nSPS) is 47.8. The van der Waals surface area contributed by atoms with E-state index in [1.165, 1.54) is 6.42 Å². The molecule has 3 fully saturated rings. The van der Waals surface area contributed by atoms with Crippen molar-refractivity contribution < 1.29 is 14.3 Å². The molecule has 0 unspecified atom stereocenters. The fraction of sp³-hybridized carbons (Fsp3) is 0.773. The Morgan fingerprint density at radius 2 is 1.84 bits per heavy atom. The molecule has 0 N–H and O–H groups in total. The molecule has 2 saturated carbocycles. The molecule has 0 radical (unpaired) electrons. The van der Waals surface area contributed by atoms with Gasteiger partial charge in [-0.3, -0.25) is 4.79 Å². The number of hydrogen-bond donors (Lipinski definition) is 0. The number of carbonyl (C=O) groups excluding carboxylic acids is 1. The van der Waals surface area contributed by atoms with Gasteiger partial charge in [-0.05, 0) is 61.9 Å². The lowest BCUT2D eigenvalue weighted by Crippen LogP contribution is -2.53. The highest BCUT2D eigenvalue weighted by Crippen LogP contribution is 2.65. The number of allylic oxidation sites excluding steroid dienone is 3. The van der Waals surface area contributed by atoms with E-state index in [2.05, 4.69) is 26.8 Å². The van der Waals surface area contributed by atoms with E-state index in [0.717, 1.165) is 45.3 Å². The minimum absolute atomic E-state index is 0.136. The lowest BCUT2D eigenvalue weighted by Gasteiger charge is -2.58. The first-order valence-corrected chi connectivity index (χ1v) is 10.1. The standard InChI is InChI=1S/C22H30O3/c1-14-12-15-16-4-5-19(23)21(16,3)7-6-17(15)20(2)8-9-22(13-18(14)20)24-10-11-25-22/h4-5,15-17H,6-13H2,1-3H3/t15-,16-,17-,20+,21-/m0/s1. The summed E-state index contributed by atoms with van der Waals surface area (Å²) in [6.07, 6.45) is 10.6. The van der Waals surface area contributed by atoms with Gasteiger partial charge in [0.2, 0.25) is 0 Å². The quantitative estimate of drug-likeness (QED) is 0.611. The first kappa shape index (κ1) is 16.3. The zero-order chi connectivity index (χ0) is 17.4. The molecule has 25 heavy (non-hydrogen) atoms. The second-order valence-corrected chi connectivity index (χ2v) is 9.64. The van der Waals surface area contributed by atoms with Gasteiger partial charge in [-0.25, -0.2) is 0 Å². The first-order valence-electron chi connectivity index (χ1n) is 10.1. The van der Waals surface area contributed by atoms with Crippen molar-refractivity contribution in [2.45, 2.75) is 65.1 Å². The van der Waals surface area contributed by atoms with Crippen LogP contribution in [0.3, 0.4) is 0 Å². The van der Waals surface area contributed by atoms with Crippen LogP contribution in [-0.2, 0) is 14.3 Å². The number of rotatable bonds is 0. The Bertz CT molecular complexity index is 683. The molecule has 1 aliphatic heterocycles. The largest absolute Gasteiger partial charge is 0.347 e. The highest BCUT2D eigenvalue weighted by molar-refractivity contribution is 5.97. The van der Waals surface area contributed by atoms with Crippen molar-refractivity contribution >= 4 is 5.78 Å². The maximum Gasteiger partial charge on any atom is 0.172 e. The number of ether oxygens (including phenoxy) is 2. The van der Waals surface area contributed by atoms with Crippen molar-refractivity contribution in [3.05, 3.63) is 23.3 Å². The van der Waals surface area contributed by atoms with Crippen LogP contribution in [0.1, 0.15) is 59.3 Å². The van der Waals surface area contributed by atoms with Crippen molar-refractivity contribution in [3.8, 4) is 0 Å². The van der Waals surface area contributed by atoms with Gasteiger partial charge in [0, 0.05) is 18.3 Å². The Labute approximate surface area is 150 Å². The Kier molecular flexibility index (Phi) is 3.30. The van der Waals surface area contributed by atoms with E-state index in [-0.39, 0.29) is 16.6 Å². The van der Waals surface area contributed by atoms with E-state index in [4.69, 9.17) is 9.47 Å². The summed E-state index contributed by atoms with van der Waals surface area (Å²) in [5.74, 6) is 1.77. The van der Waals surface area contributed by atoms with Crippen molar-refractivity contribution in [2.24, 2.45) is 28.6 Å². The van der Waals surface area contributed by atoms with Gasteiger partial charge in [-0.1, -0.05) is 31.1 Å². The summed E-state index contributed by atoms with van der Waals surface area (Å²) < 4.78 is 12.1. The molecule has 3 heteroatoms. The Balaban J connectivity index is 1.53. The number of ketones is 1. The molecule has 4 aliphatic carbocycles. The lowest BCUT2D eigenvalue weighted by atomic mass is 9.46. The second kappa shape index (κ2) is 5.07. The summed E-state index contributed by atoms with van der Waals surface area (Å²) in [7, 11) is 0. The molecule has 0 aromatic carbocycles. The summed E-state index contributed by atoms with van der Waals surface area (Å²) in [5.41, 5.74) is 3.27. The molecule has 0 aromatic heterocycles. The van der Waals surface area contributed by atoms with Crippen LogP contribution in [0.4, 0.5) is 0 Å². The van der Waals surface area contributed by atoms with Crippen LogP contribution in [0.5, 0.6) is 0 Å². The predicted octanol–water partition coefficient (Wildman–Crippen LogP) is 4.43. The fourth-order valence-corrected chi connectivity index (χ4v) is 7.07. The van der Waals surface area contributed by atoms with Gasteiger partial charge >= 0.3 is 0 Å². The molecule has 5 atom stereocenters. The first-order chi connectivity index (χ1) is 11.9. The summed E-state index contributed by atoms with van der Waals surface area (Å²) in [4.78, 5) is 12.5. The molecule has 5 aliphatic rings. The predicted molar refractivity (Wildman–Crippen MR) is 95.9 cm³/mol.